The Labute approximate surface area is 190 Å². The Balaban J connectivity index is 1.19. The summed E-state index contributed by atoms with van der Waals surface area (Å²) in [4.78, 5) is 29.2. The van der Waals surface area contributed by atoms with Gasteiger partial charge < -0.3 is 24.4 Å². The maximum atomic E-state index is 12.5. The van der Waals surface area contributed by atoms with Crippen LogP contribution in [0.5, 0.6) is 0 Å². The van der Waals surface area contributed by atoms with Crippen molar-refractivity contribution in [2.45, 2.75) is 25.8 Å². The van der Waals surface area contributed by atoms with Crippen LogP contribution in [-0.4, -0.2) is 94.0 Å². The molecule has 2 amide bonds. The lowest BCUT2D eigenvalue weighted by atomic mass is 9.79. The molecule has 3 aliphatic rings. The minimum atomic E-state index is -0.172. The number of fused-ring (bicyclic) bond motifs is 1. The lowest BCUT2D eigenvalue weighted by Crippen LogP contribution is -2.51. The van der Waals surface area contributed by atoms with Crippen molar-refractivity contribution in [1.82, 2.24) is 15.1 Å². The van der Waals surface area contributed by atoms with Crippen LogP contribution in [0.25, 0.3) is 0 Å². The fourth-order valence-electron chi connectivity index (χ4n) is 4.80. The number of carbonyl (C=O) groups is 2. The van der Waals surface area contributed by atoms with Crippen LogP contribution in [0.4, 0.5) is 0 Å². The molecule has 0 spiro atoms. The molecule has 0 radical (unpaired) electrons. The van der Waals surface area contributed by atoms with E-state index in [0.29, 0.717) is 19.6 Å². The molecule has 32 heavy (non-hydrogen) atoms. The summed E-state index contributed by atoms with van der Waals surface area (Å²) in [5.74, 6) is -0.241. The summed E-state index contributed by atoms with van der Waals surface area (Å²) < 4.78 is 16.5. The molecule has 176 valence electrons. The van der Waals surface area contributed by atoms with Gasteiger partial charge in [-0.15, -0.1) is 0 Å². The van der Waals surface area contributed by atoms with Gasteiger partial charge in [0.25, 0.3) is 0 Å². The summed E-state index contributed by atoms with van der Waals surface area (Å²) in [6, 6.07) is 8.20. The molecule has 8 heteroatoms. The highest BCUT2D eigenvalue weighted by Gasteiger charge is 2.35. The molecule has 0 bridgehead atoms. The second-order valence-electron chi connectivity index (χ2n) is 9.10. The average molecular weight is 446 g/mol. The van der Waals surface area contributed by atoms with Crippen LogP contribution in [0.2, 0.25) is 0 Å². The van der Waals surface area contributed by atoms with E-state index in [9.17, 15) is 9.59 Å². The van der Waals surface area contributed by atoms with Gasteiger partial charge in [0.05, 0.1) is 13.2 Å². The van der Waals surface area contributed by atoms with Crippen molar-refractivity contribution in [2.24, 2.45) is 5.41 Å². The van der Waals surface area contributed by atoms with Crippen molar-refractivity contribution in [3.8, 4) is 0 Å². The number of hydrogen-bond acceptors (Lipinski definition) is 6. The summed E-state index contributed by atoms with van der Waals surface area (Å²) >= 11 is 0. The Morgan fingerprint density at radius 2 is 1.69 bits per heavy atom. The van der Waals surface area contributed by atoms with Gasteiger partial charge in [-0.3, -0.25) is 14.5 Å². The third kappa shape index (κ3) is 6.28. The number of amides is 2. The molecular formula is C24H35N3O5. The number of nitrogens with one attached hydrogen (secondary N) is 1. The van der Waals surface area contributed by atoms with Gasteiger partial charge in [-0.2, -0.15) is 0 Å². The lowest BCUT2D eigenvalue weighted by molar-refractivity contribution is -0.139. The van der Waals surface area contributed by atoms with Crippen LogP contribution in [0.1, 0.15) is 24.0 Å². The van der Waals surface area contributed by atoms with Gasteiger partial charge in [0.2, 0.25) is 11.8 Å². The Kier molecular flexibility index (Phi) is 8.13. The summed E-state index contributed by atoms with van der Waals surface area (Å²) in [6.07, 6.45) is 2.72. The zero-order chi connectivity index (χ0) is 22.2. The standard InChI is InChI=1S/C24H35N3O5/c28-22(16-32-17-23(29)27-8-5-20-3-1-2-4-21(20)15-27)25-18-24(6-11-30-12-7-24)19-26-9-13-31-14-10-26/h1-4H,5-19H2,(H,25,28). The molecule has 0 atom stereocenters. The topological polar surface area (TPSA) is 80.3 Å². The molecule has 1 aromatic rings. The monoisotopic (exact) mass is 445 g/mol. The number of ether oxygens (including phenoxy) is 3. The summed E-state index contributed by atoms with van der Waals surface area (Å²) in [6.45, 7) is 7.53. The molecule has 2 fully saturated rings. The molecule has 3 aliphatic heterocycles. The Morgan fingerprint density at radius 1 is 0.969 bits per heavy atom. The van der Waals surface area contributed by atoms with Gasteiger partial charge in [0, 0.05) is 57.9 Å². The van der Waals surface area contributed by atoms with Crippen molar-refractivity contribution in [1.29, 1.82) is 0 Å². The van der Waals surface area contributed by atoms with Crippen LogP contribution >= 0.6 is 0 Å². The fraction of sp³-hybridized carbons (Fsp3) is 0.667. The quantitative estimate of drug-likeness (QED) is 0.639. The van der Waals surface area contributed by atoms with Crippen LogP contribution in [-0.2, 0) is 36.8 Å². The minimum absolute atomic E-state index is 0.0161. The van der Waals surface area contributed by atoms with Crippen LogP contribution in [0.3, 0.4) is 0 Å². The van der Waals surface area contributed by atoms with E-state index in [1.165, 1.54) is 11.1 Å². The normalized spacial score (nSPS) is 21.1. The summed E-state index contributed by atoms with van der Waals surface area (Å²) in [5.41, 5.74) is 2.50. The number of rotatable bonds is 8. The maximum absolute atomic E-state index is 12.5. The summed E-state index contributed by atoms with van der Waals surface area (Å²) in [7, 11) is 0. The second-order valence-corrected chi connectivity index (χ2v) is 9.10. The molecule has 8 nitrogen and oxygen atoms in total. The predicted molar refractivity (Wildman–Crippen MR) is 119 cm³/mol. The highest BCUT2D eigenvalue weighted by molar-refractivity contribution is 5.79. The van der Waals surface area contributed by atoms with Crippen molar-refractivity contribution < 1.29 is 23.8 Å². The van der Waals surface area contributed by atoms with E-state index in [0.717, 1.165) is 65.3 Å². The SMILES string of the molecule is O=C(COCC(=O)N1CCc2ccccc2C1)NCC1(CN2CCOCC2)CCOCC1. The van der Waals surface area contributed by atoms with Gasteiger partial charge in [0.15, 0.2) is 0 Å². The van der Waals surface area contributed by atoms with E-state index in [-0.39, 0.29) is 30.4 Å². The molecular weight excluding hydrogens is 410 g/mol. The summed E-state index contributed by atoms with van der Waals surface area (Å²) in [5, 5.41) is 3.05. The van der Waals surface area contributed by atoms with Crippen molar-refractivity contribution in [3.63, 3.8) is 0 Å². The predicted octanol–water partition coefficient (Wildman–Crippen LogP) is 0.833. The van der Waals surface area contributed by atoms with Gasteiger partial charge in [-0.25, -0.2) is 0 Å². The molecule has 0 saturated carbocycles. The Hall–Kier alpha value is -2.00. The first-order valence-electron chi connectivity index (χ1n) is 11.7. The largest absolute Gasteiger partial charge is 0.381 e. The molecule has 1 aromatic carbocycles. The zero-order valence-corrected chi connectivity index (χ0v) is 18.9. The number of nitrogens with zero attached hydrogens (tertiary/aromatic N) is 2. The van der Waals surface area contributed by atoms with Gasteiger partial charge in [-0.05, 0) is 30.4 Å². The second kappa shape index (κ2) is 11.2. The van der Waals surface area contributed by atoms with Gasteiger partial charge in [0.1, 0.15) is 13.2 Å². The molecule has 0 aromatic heterocycles. The fourth-order valence-corrected chi connectivity index (χ4v) is 4.80. The van der Waals surface area contributed by atoms with E-state index in [1.54, 1.807) is 4.90 Å². The van der Waals surface area contributed by atoms with Crippen molar-refractivity contribution in [2.75, 3.05) is 72.4 Å². The van der Waals surface area contributed by atoms with Crippen molar-refractivity contribution in [3.05, 3.63) is 35.4 Å². The van der Waals surface area contributed by atoms with Crippen LogP contribution < -0.4 is 5.32 Å². The average Bonchev–Trinajstić information content (AvgIpc) is 2.84. The van der Waals surface area contributed by atoms with Crippen molar-refractivity contribution >= 4 is 11.8 Å². The Bertz CT molecular complexity index is 775. The van der Waals surface area contributed by atoms with Crippen LogP contribution in [0.15, 0.2) is 24.3 Å². The third-order valence-electron chi connectivity index (χ3n) is 6.82. The molecule has 4 rings (SSSR count). The first-order valence-corrected chi connectivity index (χ1v) is 11.7. The highest BCUT2D eigenvalue weighted by Crippen LogP contribution is 2.31. The lowest BCUT2D eigenvalue weighted by Gasteiger charge is -2.42. The third-order valence-corrected chi connectivity index (χ3v) is 6.82. The van der Waals surface area contributed by atoms with E-state index >= 15 is 0 Å². The number of hydrogen-bond donors (Lipinski definition) is 1. The van der Waals surface area contributed by atoms with E-state index in [4.69, 9.17) is 14.2 Å². The number of carbonyl (C=O) groups excluding carboxylic acids is 2. The van der Waals surface area contributed by atoms with Crippen LogP contribution in [0, 0.1) is 5.41 Å². The van der Waals surface area contributed by atoms with Gasteiger partial charge >= 0.3 is 0 Å². The van der Waals surface area contributed by atoms with E-state index in [2.05, 4.69) is 22.3 Å². The zero-order valence-electron chi connectivity index (χ0n) is 18.9. The Morgan fingerprint density at radius 3 is 2.47 bits per heavy atom. The molecule has 1 N–H and O–H groups in total. The first kappa shape index (κ1) is 23.2. The molecule has 0 unspecified atom stereocenters. The number of morpholine rings is 1. The number of benzene rings is 1. The highest BCUT2D eigenvalue weighted by atomic mass is 16.5. The molecule has 2 saturated heterocycles. The smallest absolute Gasteiger partial charge is 0.248 e. The van der Waals surface area contributed by atoms with E-state index < -0.39 is 0 Å². The van der Waals surface area contributed by atoms with Gasteiger partial charge in [-0.1, -0.05) is 24.3 Å². The maximum Gasteiger partial charge on any atom is 0.248 e. The molecule has 3 heterocycles. The minimum Gasteiger partial charge on any atom is -0.381 e. The molecule has 0 aliphatic carbocycles. The first-order chi connectivity index (χ1) is 15.6. The van der Waals surface area contributed by atoms with E-state index in [1.807, 2.05) is 12.1 Å².